The summed E-state index contributed by atoms with van der Waals surface area (Å²) in [7, 11) is 0. The average molecular weight is 283 g/mol. The largest absolute Gasteiger partial charge is 0.293 e. The molecule has 0 unspecified atom stereocenters. The van der Waals surface area contributed by atoms with Gasteiger partial charge in [-0.3, -0.25) is 4.79 Å². The molecule has 0 saturated heterocycles. The third-order valence-corrected chi connectivity index (χ3v) is 5.52. The quantitative estimate of drug-likeness (QED) is 0.716. The highest BCUT2D eigenvalue weighted by Crippen LogP contribution is 2.67. The molecule has 0 aromatic heterocycles. The van der Waals surface area contributed by atoms with E-state index in [-0.39, 0.29) is 22.5 Å². The van der Waals surface area contributed by atoms with Gasteiger partial charge in [-0.2, -0.15) is 0 Å². The number of rotatable bonds is 1. The Morgan fingerprint density at radius 3 is 2.50 bits per heavy atom. The Balaban J connectivity index is 1.76. The van der Waals surface area contributed by atoms with E-state index in [1.807, 2.05) is 36.4 Å². The smallest absolute Gasteiger partial charge is 0.171 e. The van der Waals surface area contributed by atoms with Crippen LogP contribution in [-0.4, -0.2) is 11.2 Å². The zero-order chi connectivity index (χ0) is 13.7. The van der Waals surface area contributed by atoms with Crippen LogP contribution in [0, 0.1) is 5.41 Å². The lowest BCUT2D eigenvalue weighted by Crippen LogP contribution is -2.27. The van der Waals surface area contributed by atoms with Gasteiger partial charge in [0.05, 0.1) is 10.8 Å². The van der Waals surface area contributed by atoms with E-state index in [0.717, 1.165) is 18.4 Å². The lowest BCUT2D eigenvalue weighted by Gasteiger charge is -2.24. The van der Waals surface area contributed by atoms with Crippen molar-refractivity contribution in [1.82, 2.24) is 0 Å². The van der Waals surface area contributed by atoms with Crippen molar-refractivity contribution in [3.63, 3.8) is 0 Å². The van der Waals surface area contributed by atoms with Gasteiger partial charge in [0.15, 0.2) is 5.78 Å². The number of carbonyl (C=O) groups is 1. The summed E-state index contributed by atoms with van der Waals surface area (Å²) >= 11 is 6.56. The van der Waals surface area contributed by atoms with E-state index in [1.54, 1.807) is 0 Å². The SMILES string of the molecule is O=C1c2ccccc2CC[C@@]12[C@@H](Cl)[C@@H]2c1ccccc1. The second-order valence-corrected chi connectivity index (χ2v) is 6.29. The summed E-state index contributed by atoms with van der Waals surface area (Å²) in [5.74, 6) is 0.416. The number of halogens is 1. The summed E-state index contributed by atoms with van der Waals surface area (Å²) < 4.78 is 0. The number of hydrogen-bond acceptors (Lipinski definition) is 1. The molecule has 1 nitrogen and oxygen atoms in total. The van der Waals surface area contributed by atoms with Crippen LogP contribution >= 0.6 is 11.6 Å². The van der Waals surface area contributed by atoms with Crippen LogP contribution in [-0.2, 0) is 6.42 Å². The van der Waals surface area contributed by atoms with E-state index in [1.165, 1.54) is 11.1 Å². The minimum Gasteiger partial charge on any atom is -0.293 e. The van der Waals surface area contributed by atoms with Gasteiger partial charge in [0, 0.05) is 11.5 Å². The zero-order valence-electron chi connectivity index (χ0n) is 11.1. The number of ketones is 1. The normalized spacial score (nSPS) is 31.1. The fourth-order valence-corrected chi connectivity index (χ4v) is 4.39. The molecule has 0 heterocycles. The van der Waals surface area contributed by atoms with Crippen molar-refractivity contribution in [3.05, 3.63) is 71.3 Å². The molecule has 20 heavy (non-hydrogen) atoms. The van der Waals surface area contributed by atoms with E-state index >= 15 is 0 Å². The Kier molecular flexibility index (Phi) is 2.55. The molecule has 1 saturated carbocycles. The summed E-state index contributed by atoms with van der Waals surface area (Å²) in [4.78, 5) is 12.9. The summed E-state index contributed by atoms with van der Waals surface area (Å²) in [6, 6.07) is 18.2. The van der Waals surface area contributed by atoms with Crippen LogP contribution in [0.4, 0.5) is 0 Å². The van der Waals surface area contributed by atoms with Crippen LogP contribution in [0.3, 0.4) is 0 Å². The lowest BCUT2D eigenvalue weighted by atomic mass is 9.78. The molecule has 2 heteroatoms. The van der Waals surface area contributed by atoms with Crippen LogP contribution in [0.15, 0.2) is 54.6 Å². The van der Waals surface area contributed by atoms with Crippen molar-refractivity contribution >= 4 is 17.4 Å². The van der Waals surface area contributed by atoms with Crippen molar-refractivity contribution in [2.75, 3.05) is 0 Å². The Morgan fingerprint density at radius 1 is 1.00 bits per heavy atom. The number of alkyl halides is 1. The summed E-state index contributed by atoms with van der Waals surface area (Å²) in [5, 5.41) is -0.0641. The predicted molar refractivity (Wildman–Crippen MR) is 80.4 cm³/mol. The van der Waals surface area contributed by atoms with Crippen molar-refractivity contribution in [3.8, 4) is 0 Å². The molecule has 0 radical (unpaired) electrons. The van der Waals surface area contributed by atoms with Crippen LogP contribution in [0.2, 0.25) is 0 Å². The van der Waals surface area contributed by atoms with Crippen molar-refractivity contribution < 1.29 is 4.79 Å². The van der Waals surface area contributed by atoms with E-state index < -0.39 is 0 Å². The summed E-state index contributed by atoms with van der Waals surface area (Å²) in [6.07, 6.45) is 1.82. The van der Waals surface area contributed by atoms with E-state index in [2.05, 4.69) is 18.2 Å². The Morgan fingerprint density at radius 2 is 1.70 bits per heavy atom. The van der Waals surface area contributed by atoms with Crippen molar-refractivity contribution in [2.24, 2.45) is 5.41 Å². The molecule has 2 aliphatic rings. The molecule has 0 bridgehead atoms. The standard InChI is InChI=1S/C18H15ClO/c19-16-15(13-7-2-1-3-8-13)18(16)11-10-12-6-4-5-9-14(12)17(18)20/h1-9,15-16H,10-11H2/t15-,16-,18+/m0/s1. The van der Waals surface area contributed by atoms with Crippen LogP contribution in [0.25, 0.3) is 0 Å². The Bertz CT molecular complexity index is 679. The molecule has 100 valence electrons. The van der Waals surface area contributed by atoms with E-state index in [0.29, 0.717) is 0 Å². The second kappa shape index (κ2) is 4.20. The van der Waals surface area contributed by atoms with Gasteiger partial charge in [-0.25, -0.2) is 0 Å². The lowest BCUT2D eigenvalue weighted by molar-refractivity contribution is 0.0875. The number of aryl methyl sites for hydroxylation is 1. The number of hydrogen-bond donors (Lipinski definition) is 0. The molecule has 0 amide bonds. The summed E-state index contributed by atoms with van der Waals surface area (Å²) in [5.41, 5.74) is 2.88. The molecular formula is C18H15ClO. The first-order valence-corrected chi connectivity index (χ1v) is 7.50. The molecular weight excluding hydrogens is 268 g/mol. The third-order valence-electron chi connectivity index (χ3n) is 4.88. The first-order valence-electron chi connectivity index (χ1n) is 7.07. The fraction of sp³-hybridized carbons (Fsp3) is 0.278. The molecule has 0 N–H and O–H groups in total. The van der Waals surface area contributed by atoms with Gasteiger partial charge < -0.3 is 0 Å². The van der Waals surface area contributed by atoms with Gasteiger partial charge in [-0.15, -0.1) is 11.6 Å². The van der Waals surface area contributed by atoms with E-state index in [9.17, 15) is 4.79 Å². The van der Waals surface area contributed by atoms with Gasteiger partial charge >= 0.3 is 0 Å². The minimum absolute atomic E-state index is 0.0641. The van der Waals surface area contributed by atoms with Gasteiger partial charge in [0.1, 0.15) is 0 Å². The third kappa shape index (κ3) is 1.47. The Hall–Kier alpha value is -1.60. The molecule has 2 aromatic rings. The topological polar surface area (TPSA) is 17.1 Å². The van der Waals surface area contributed by atoms with Crippen LogP contribution in [0.5, 0.6) is 0 Å². The number of Topliss-reactive ketones (excluding diaryl/α,β-unsaturated/α-hetero) is 1. The highest BCUT2D eigenvalue weighted by atomic mass is 35.5. The predicted octanol–water partition coefficient (Wildman–Crippen LogP) is 4.21. The zero-order valence-corrected chi connectivity index (χ0v) is 11.8. The highest BCUT2D eigenvalue weighted by molar-refractivity contribution is 6.29. The molecule has 3 atom stereocenters. The number of fused-ring (bicyclic) bond motifs is 1. The van der Waals surface area contributed by atoms with Crippen molar-refractivity contribution in [2.45, 2.75) is 24.1 Å². The average Bonchev–Trinajstić information content (AvgIpc) is 3.10. The van der Waals surface area contributed by atoms with Crippen molar-refractivity contribution in [1.29, 1.82) is 0 Å². The fourth-order valence-electron chi connectivity index (χ4n) is 3.75. The number of benzene rings is 2. The van der Waals surface area contributed by atoms with Gasteiger partial charge in [-0.05, 0) is 24.0 Å². The molecule has 0 aliphatic heterocycles. The van der Waals surface area contributed by atoms with Crippen LogP contribution in [0.1, 0.15) is 33.8 Å². The molecule has 4 rings (SSSR count). The molecule has 2 aromatic carbocycles. The monoisotopic (exact) mass is 282 g/mol. The summed E-state index contributed by atoms with van der Waals surface area (Å²) in [6.45, 7) is 0. The van der Waals surface area contributed by atoms with Gasteiger partial charge in [-0.1, -0.05) is 54.6 Å². The van der Waals surface area contributed by atoms with Crippen LogP contribution < -0.4 is 0 Å². The minimum atomic E-state index is -0.364. The highest BCUT2D eigenvalue weighted by Gasteiger charge is 2.69. The van der Waals surface area contributed by atoms with Gasteiger partial charge in [0.25, 0.3) is 0 Å². The maximum atomic E-state index is 12.9. The molecule has 2 aliphatic carbocycles. The second-order valence-electron chi connectivity index (χ2n) is 5.82. The first kappa shape index (κ1) is 12.2. The Labute approximate surface area is 123 Å². The molecule has 1 fully saturated rings. The first-order chi connectivity index (χ1) is 9.75. The van der Waals surface area contributed by atoms with E-state index in [4.69, 9.17) is 11.6 Å². The maximum Gasteiger partial charge on any atom is 0.171 e. The maximum absolute atomic E-state index is 12.9. The number of carbonyl (C=O) groups excluding carboxylic acids is 1. The molecule has 1 spiro atoms. The van der Waals surface area contributed by atoms with Gasteiger partial charge in [0.2, 0.25) is 0 Å².